The molecule has 17 heavy (non-hydrogen) atoms. The molecule has 1 atom stereocenters. The van der Waals surface area contributed by atoms with E-state index in [1.54, 1.807) is 25.1 Å². The third-order valence-electron chi connectivity index (χ3n) is 2.52. The summed E-state index contributed by atoms with van der Waals surface area (Å²) in [4.78, 5) is 13.6. The number of aromatic hydroxyl groups is 1. The van der Waals surface area contributed by atoms with Gasteiger partial charge in [-0.15, -0.1) is 0 Å². The number of carbonyl (C=O) groups is 1. The molecule has 0 aliphatic rings. The van der Waals surface area contributed by atoms with Crippen LogP contribution in [-0.2, 0) is 16.0 Å². The van der Waals surface area contributed by atoms with Crippen LogP contribution in [0.2, 0.25) is 0 Å². The van der Waals surface area contributed by atoms with Crippen LogP contribution in [0.1, 0.15) is 12.5 Å². The van der Waals surface area contributed by atoms with Crippen LogP contribution in [-0.4, -0.2) is 42.7 Å². The Balaban J connectivity index is 2.76. The molecule has 0 amide bonds. The molecule has 1 N–H and O–H groups in total. The summed E-state index contributed by atoms with van der Waals surface area (Å²) in [5.74, 6) is -0.0234. The van der Waals surface area contributed by atoms with Gasteiger partial charge in [-0.1, -0.05) is 12.1 Å². The Morgan fingerprint density at radius 1 is 1.47 bits per heavy atom. The van der Waals surface area contributed by atoms with Gasteiger partial charge in [-0.25, -0.2) is 0 Å². The lowest BCUT2D eigenvalue weighted by Crippen LogP contribution is -2.38. The molecular weight excluding hydrogens is 218 g/mol. The van der Waals surface area contributed by atoms with E-state index >= 15 is 0 Å². The fourth-order valence-corrected chi connectivity index (χ4v) is 1.62. The lowest BCUT2D eigenvalue weighted by Gasteiger charge is -2.22. The molecule has 0 fully saturated rings. The van der Waals surface area contributed by atoms with E-state index in [1.165, 1.54) is 0 Å². The van der Waals surface area contributed by atoms with Gasteiger partial charge in [-0.2, -0.15) is 0 Å². The Bertz CT molecular complexity index is 377. The topological polar surface area (TPSA) is 49.8 Å². The molecule has 0 heterocycles. The van der Waals surface area contributed by atoms with Gasteiger partial charge in [-0.3, -0.25) is 9.69 Å². The number of ether oxygens (including phenoxy) is 1. The number of esters is 1. The Morgan fingerprint density at radius 2 is 2.18 bits per heavy atom. The Kier molecular flexibility index (Phi) is 4.97. The van der Waals surface area contributed by atoms with E-state index in [-0.39, 0.29) is 17.8 Å². The van der Waals surface area contributed by atoms with Crippen molar-refractivity contribution < 1.29 is 14.6 Å². The van der Waals surface area contributed by atoms with Crippen molar-refractivity contribution in [3.8, 4) is 5.75 Å². The van der Waals surface area contributed by atoms with Gasteiger partial charge in [0.2, 0.25) is 0 Å². The summed E-state index contributed by atoms with van der Waals surface area (Å²) in [6, 6.07) is 6.60. The Labute approximate surface area is 102 Å². The molecular formula is C13H19NO3. The van der Waals surface area contributed by atoms with Crippen LogP contribution in [0.25, 0.3) is 0 Å². The maximum Gasteiger partial charge on any atom is 0.323 e. The summed E-state index contributed by atoms with van der Waals surface area (Å²) >= 11 is 0. The van der Waals surface area contributed by atoms with Crippen LogP contribution in [0, 0.1) is 0 Å². The highest BCUT2D eigenvalue weighted by atomic mass is 16.5. The van der Waals surface area contributed by atoms with Gasteiger partial charge in [0.05, 0.1) is 6.61 Å². The zero-order valence-electron chi connectivity index (χ0n) is 10.5. The van der Waals surface area contributed by atoms with Crippen molar-refractivity contribution in [3.63, 3.8) is 0 Å². The number of phenols is 1. The monoisotopic (exact) mass is 237 g/mol. The van der Waals surface area contributed by atoms with Crippen LogP contribution in [0.3, 0.4) is 0 Å². The number of nitrogens with zero attached hydrogens (tertiary/aromatic N) is 1. The number of phenolic OH excluding ortho intramolecular Hbond substituents is 1. The molecule has 1 rings (SSSR count). The summed E-state index contributed by atoms with van der Waals surface area (Å²) in [6.07, 6.45) is 0.528. The number of hydrogen-bond acceptors (Lipinski definition) is 4. The van der Waals surface area contributed by atoms with E-state index in [9.17, 15) is 9.90 Å². The summed E-state index contributed by atoms with van der Waals surface area (Å²) in [5, 5.41) is 9.38. The first kappa shape index (κ1) is 13.5. The maximum atomic E-state index is 11.7. The van der Waals surface area contributed by atoms with Crippen LogP contribution in [0.5, 0.6) is 5.75 Å². The highest BCUT2D eigenvalue weighted by molar-refractivity contribution is 5.76. The standard InChI is InChI=1S/C13H19NO3/c1-4-17-13(16)12(14(2)3)9-10-6-5-7-11(15)8-10/h5-8,12,15H,4,9H2,1-3H3. The molecule has 0 aliphatic carbocycles. The van der Waals surface area contributed by atoms with Gasteiger partial charge < -0.3 is 9.84 Å². The van der Waals surface area contributed by atoms with Crippen molar-refractivity contribution in [3.05, 3.63) is 29.8 Å². The van der Waals surface area contributed by atoms with E-state index in [1.807, 2.05) is 25.1 Å². The molecule has 1 aromatic carbocycles. The largest absolute Gasteiger partial charge is 0.508 e. The van der Waals surface area contributed by atoms with Gasteiger partial charge in [0, 0.05) is 0 Å². The van der Waals surface area contributed by atoms with E-state index in [4.69, 9.17) is 4.74 Å². The normalized spacial score (nSPS) is 12.5. The van der Waals surface area contributed by atoms with Crippen molar-refractivity contribution in [1.82, 2.24) is 4.90 Å². The van der Waals surface area contributed by atoms with Gasteiger partial charge >= 0.3 is 5.97 Å². The average molecular weight is 237 g/mol. The minimum absolute atomic E-state index is 0.212. The molecule has 0 radical (unpaired) electrons. The van der Waals surface area contributed by atoms with Gasteiger partial charge in [0.15, 0.2) is 0 Å². The molecule has 0 aliphatic heterocycles. The van der Waals surface area contributed by atoms with E-state index in [0.717, 1.165) is 5.56 Å². The molecule has 1 unspecified atom stereocenters. The van der Waals surface area contributed by atoms with E-state index in [2.05, 4.69) is 0 Å². The fourth-order valence-electron chi connectivity index (χ4n) is 1.62. The molecule has 0 saturated carbocycles. The third-order valence-corrected chi connectivity index (χ3v) is 2.52. The lowest BCUT2D eigenvalue weighted by molar-refractivity contribution is -0.148. The second-order valence-corrected chi connectivity index (χ2v) is 4.11. The first-order chi connectivity index (χ1) is 8.04. The van der Waals surface area contributed by atoms with Crippen molar-refractivity contribution in [1.29, 1.82) is 0 Å². The Morgan fingerprint density at radius 3 is 2.71 bits per heavy atom. The summed E-state index contributed by atoms with van der Waals surface area (Å²) in [5.41, 5.74) is 0.914. The van der Waals surface area contributed by atoms with Crippen LogP contribution < -0.4 is 0 Å². The third kappa shape index (κ3) is 4.07. The molecule has 1 aromatic rings. The zero-order chi connectivity index (χ0) is 12.8. The summed E-state index contributed by atoms with van der Waals surface area (Å²) < 4.78 is 5.02. The zero-order valence-corrected chi connectivity index (χ0v) is 10.5. The van der Waals surface area contributed by atoms with Crippen molar-refractivity contribution in [2.24, 2.45) is 0 Å². The number of carbonyl (C=O) groups excluding carboxylic acids is 1. The van der Waals surface area contributed by atoms with Gasteiger partial charge in [-0.05, 0) is 45.1 Å². The first-order valence-electron chi connectivity index (χ1n) is 5.65. The summed E-state index contributed by atoms with van der Waals surface area (Å²) in [6.45, 7) is 2.17. The minimum atomic E-state index is -0.322. The first-order valence-corrected chi connectivity index (χ1v) is 5.65. The van der Waals surface area contributed by atoms with Crippen molar-refractivity contribution in [2.75, 3.05) is 20.7 Å². The maximum absolute atomic E-state index is 11.7. The van der Waals surface area contributed by atoms with E-state index < -0.39 is 0 Å². The fraction of sp³-hybridized carbons (Fsp3) is 0.462. The predicted molar refractivity (Wildman–Crippen MR) is 65.9 cm³/mol. The second-order valence-electron chi connectivity index (χ2n) is 4.11. The quantitative estimate of drug-likeness (QED) is 0.787. The predicted octanol–water partition coefficient (Wildman–Crippen LogP) is 1.43. The van der Waals surface area contributed by atoms with Crippen molar-refractivity contribution in [2.45, 2.75) is 19.4 Å². The lowest BCUT2D eigenvalue weighted by atomic mass is 10.1. The number of rotatable bonds is 5. The van der Waals surface area contributed by atoms with Crippen LogP contribution in [0.4, 0.5) is 0 Å². The SMILES string of the molecule is CCOC(=O)C(Cc1cccc(O)c1)N(C)C. The molecule has 0 aromatic heterocycles. The molecule has 94 valence electrons. The van der Waals surface area contributed by atoms with Gasteiger partial charge in [0.1, 0.15) is 11.8 Å². The molecule has 4 nitrogen and oxygen atoms in total. The average Bonchev–Trinajstić information content (AvgIpc) is 2.26. The number of benzene rings is 1. The van der Waals surface area contributed by atoms with Crippen molar-refractivity contribution >= 4 is 5.97 Å². The Hall–Kier alpha value is -1.55. The smallest absolute Gasteiger partial charge is 0.323 e. The van der Waals surface area contributed by atoms with Crippen LogP contribution >= 0.6 is 0 Å². The summed E-state index contributed by atoms with van der Waals surface area (Å²) in [7, 11) is 3.68. The minimum Gasteiger partial charge on any atom is -0.508 e. The van der Waals surface area contributed by atoms with E-state index in [0.29, 0.717) is 13.0 Å². The molecule has 0 spiro atoms. The highest BCUT2D eigenvalue weighted by Crippen LogP contribution is 2.14. The number of likely N-dealkylation sites (N-methyl/N-ethyl adjacent to an activating group) is 1. The molecule has 0 bridgehead atoms. The molecule has 0 saturated heterocycles. The highest BCUT2D eigenvalue weighted by Gasteiger charge is 2.22. The van der Waals surface area contributed by atoms with Gasteiger partial charge in [0.25, 0.3) is 0 Å². The number of hydrogen-bond donors (Lipinski definition) is 1. The van der Waals surface area contributed by atoms with Crippen LogP contribution in [0.15, 0.2) is 24.3 Å². The molecule has 4 heteroatoms. The second kappa shape index (κ2) is 6.25.